The Morgan fingerprint density at radius 1 is 0.543 bits per heavy atom. The minimum Gasteiger partial charge on any atom is -0.374 e. The zero-order chi connectivity index (χ0) is 24.8. The Balaban J connectivity index is 1.75. The fraction of sp³-hybridized carbons (Fsp3) is 0.379. The second-order valence-electron chi connectivity index (χ2n) is 8.23. The second kappa shape index (κ2) is 15.7. The van der Waals surface area contributed by atoms with Crippen molar-refractivity contribution >= 4 is 40.6 Å². The summed E-state index contributed by atoms with van der Waals surface area (Å²) in [5, 5.41) is 4.43. The van der Waals surface area contributed by atoms with E-state index in [1.165, 1.54) is 34.4 Å². The maximum atomic E-state index is 6.12. The van der Waals surface area contributed by atoms with Crippen molar-refractivity contribution in [2.24, 2.45) is 0 Å². The molecule has 6 heteroatoms. The zero-order valence-electron chi connectivity index (χ0n) is 21.4. The minimum atomic E-state index is -2.60. The Hall–Kier alpha value is -1.38. The van der Waals surface area contributed by atoms with Crippen molar-refractivity contribution in [1.29, 1.82) is 0 Å². The molecule has 188 valence electrons. The summed E-state index contributed by atoms with van der Waals surface area (Å²) in [5.41, 5.74) is 0. The smallest absolute Gasteiger partial charge is 0.374 e. The van der Waals surface area contributed by atoms with Gasteiger partial charge in [-0.2, -0.15) is 0 Å². The molecule has 0 aliphatic rings. The molecule has 35 heavy (non-hydrogen) atoms. The van der Waals surface area contributed by atoms with Crippen LogP contribution in [0.2, 0.25) is 6.04 Å². The van der Waals surface area contributed by atoms with Crippen LogP contribution in [0, 0.1) is 0 Å². The first-order valence-corrected chi connectivity index (χ1v) is 18.0. The summed E-state index contributed by atoms with van der Waals surface area (Å²) >= 11 is 0. The van der Waals surface area contributed by atoms with Crippen molar-refractivity contribution in [1.82, 2.24) is 0 Å². The van der Waals surface area contributed by atoms with Gasteiger partial charge in [0.15, 0.2) is 0 Å². The molecular weight excluding hydrogens is 486 g/mol. The number of rotatable bonds is 16. The molecule has 0 heterocycles. The lowest BCUT2D eigenvalue weighted by Gasteiger charge is -2.29. The molecule has 0 bridgehead atoms. The van der Waals surface area contributed by atoms with Gasteiger partial charge in [-0.05, 0) is 69.5 Å². The molecule has 0 radical (unpaired) electrons. The molecule has 0 saturated heterocycles. The van der Waals surface area contributed by atoms with E-state index in [2.05, 4.69) is 91.0 Å². The molecule has 0 saturated carbocycles. The fourth-order valence-corrected chi connectivity index (χ4v) is 12.8. The third kappa shape index (κ3) is 8.90. The van der Waals surface area contributed by atoms with E-state index in [4.69, 9.17) is 13.3 Å². The van der Waals surface area contributed by atoms with Gasteiger partial charge in [0.05, 0.1) is 0 Å². The van der Waals surface area contributed by atoms with Gasteiger partial charge in [0.2, 0.25) is 0 Å². The first kappa shape index (κ1) is 28.2. The monoisotopic (exact) mass is 526 g/mol. The van der Waals surface area contributed by atoms with Gasteiger partial charge in [0.25, 0.3) is 0 Å². The molecule has 3 aromatic rings. The van der Waals surface area contributed by atoms with Crippen molar-refractivity contribution in [2.75, 3.05) is 38.3 Å². The van der Waals surface area contributed by atoms with Crippen LogP contribution in [0.1, 0.15) is 27.2 Å². The third-order valence-corrected chi connectivity index (χ3v) is 14.5. The van der Waals surface area contributed by atoms with Gasteiger partial charge in [-0.15, -0.1) is 0 Å². The van der Waals surface area contributed by atoms with Gasteiger partial charge >= 0.3 is 8.80 Å². The van der Waals surface area contributed by atoms with Gasteiger partial charge in [-0.1, -0.05) is 98.9 Å². The maximum absolute atomic E-state index is 6.12. The van der Waals surface area contributed by atoms with E-state index in [9.17, 15) is 0 Å². The summed E-state index contributed by atoms with van der Waals surface area (Å²) in [5.74, 6) is 0. The Morgan fingerprint density at radius 2 is 0.971 bits per heavy atom. The zero-order valence-corrected chi connectivity index (χ0v) is 24.2. The van der Waals surface area contributed by atoms with Crippen LogP contribution in [0.3, 0.4) is 0 Å². The van der Waals surface area contributed by atoms with Crippen LogP contribution in [0.15, 0.2) is 91.0 Å². The van der Waals surface area contributed by atoms with Crippen LogP contribution in [-0.4, -0.2) is 47.1 Å². The Morgan fingerprint density at radius 3 is 1.40 bits per heavy atom. The first-order chi connectivity index (χ1) is 17.2. The number of hydrogen-bond acceptors (Lipinski definition) is 3. The summed E-state index contributed by atoms with van der Waals surface area (Å²) in [7, 11) is -3.25. The standard InChI is InChI=1S/C29H40O3P2Si/c1-4-30-35(31-5-2,32-6-3)26-16-23-33(27-17-10-7-11-18-27)24-25-34(28-19-12-8-13-20-28)29-21-14-9-15-22-29/h7-15,17-22H,4-6,16,23-26H2,1-3H3. The molecular formula is C29H40O3P2Si. The number of benzene rings is 3. The summed E-state index contributed by atoms with van der Waals surface area (Å²) < 4.78 is 18.4. The highest BCUT2D eigenvalue weighted by atomic mass is 31.1. The van der Waals surface area contributed by atoms with E-state index in [-0.39, 0.29) is 15.8 Å². The van der Waals surface area contributed by atoms with Crippen LogP contribution in [0.5, 0.6) is 0 Å². The van der Waals surface area contributed by atoms with Crippen LogP contribution in [0.4, 0.5) is 0 Å². The predicted octanol–water partition coefficient (Wildman–Crippen LogP) is 6.37. The normalized spacial score (nSPS) is 12.7. The lowest BCUT2D eigenvalue weighted by atomic mass is 10.4. The van der Waals surface area contributed by atoms with Crippen molar-refractivity contribution in [3.63, 3.8) is 0 Å². The van der Waals surface area contributed by atoms with Crippen molar-refractivity contribution in [2.45, 2.75) is 33.2 Å². The average molecular weight is 527 g/mol. The van der Waals surface area contributed by atoms with Crippen molar-refractivity contribution in [3.05, 3.63) is 91.0 Å². The fourth-order valence-electron chi connectivity index (χ4n) is 4.34. The summed E-state index contributed by atoms with van der Waals surface area (Å²) in [6.07, 6.45) is 4.67. The van der Waals surface area contributed by atoms with E-state index in [0.29, 0.717) is 19.8 Å². The second-order valence-corrected chi connectivity index (χ2v) is 15.8. The highest BCUT2D eigenvalue weighted by Crippen LogP contribution is 2.42. The Bertz CT molecular complexity index is 887. The van der Waals surface area contributed by atoms with Crippen LogP contribution >= 0.6 is 15.8 Å². The van der Waals surface area contributed by atoms with Gasteiger partial charge in [0, 0.05) is 25.9 Å². The van der Waals surface area contributed by atoms with E-state index in [0.717, 1.165) is 12.5 Å². The summed E-state index contributed by atoms with van der Waals surface area (Å²) in [6, 6.07) is 34.1. The lowest BCUT2D eigenvalue weighted by molar-refractivity contribution is 0.0712. The van der Waals surface area contributed by atoms with E-state index in [1.807, 2.05) is 20.8 Å². The van der Waals surface area contributed by atoms with E-state index in [1.54, 1.807) is 0 Å². The Labute approximate surface area is 216 Å². The topological polar surface area (TPSA) is 27.7 Å². The van der Waals surface area contributed by atoms with Crippen LogP contribution < -0.4 is 15.9 Å². The van der Waals surface area contributed by atoms with Gasteiger partial charge < -0.3 is 13.3 Å². The summed E-state index contributed by atoms with van der Waals surface area (Å²) in [6.45, 7) is 8.01. The molecule has 3 rings (SSSR count). The molecule has 0 amide bonds. The van der Waals surface area contributed by atoms with Gasteiger partial charge in [-0.3, -0.25) is 0 Å². The SMILES string of the molecule is CCO[Si](CCCP(CCP(c1ccccc1)c1ccccc1)c1ccccc1)(OCC)OCC. The molecule has 1 atom stereocenters. The molecule has 0 aromatic heterocycles. The molecule has 0 N–H and O–H groups in total. The number of hydrogen-bond donors (Lipinski definition) is 0. The van der Waals surface area contributed by atoms with E-state index >= 15 is 0 Å². The van der Waals surface area contributed by atoms with Crippen molar-refractivity contribution in [3.8, 4) is 0 Å². The maximum Gasteiger partial charge on any atom is 0.500 e. The minimum absolute atomic E-state index is 0.278. The van der Waals surface area contributed by atoms with Gasteiger partial charge in [0.1, 0.15) is 0 Å². The lowest BCUT2D eigenvalue weighted by Crippen LogP contribution is -2.46. The molecule has 3 aromatic carbocycles. The van der Waals surface area contributed by atoms with Crippen LogP contribution in [0.25, 0.3) is 0 Å². The quantitative estimate of drug-likeness (QED) is 0.160. The molecule has 0 fully saturated rings. The predicted molar refractivity (Wildman–Crippen MR) is 157 cm³/mol. The highest BCUT2D eigenvalue weighted by molar-refractivity contribution is 7.74. The average Bonchev–Trinajstić information content (AvgIpc) is 2.90. The Kier molecular flexibility index (Phi) is 12.6. The molecule has 3 nitrogen and oxygen atoms in total. The molecule has 0 aliphatic carbocycles. The largest absolute Gasteiger partial charge is 0.500 e. The third-order valence-electron chi connectivity index (χ3n) is 5.85. The van der Waals surface area contributed by atoms with Gasteiger partial charge in [-0.25, -0.2) is 0 Å². The summed E-state index contributed by atoms with van der Waals surface area (Å²) in [4.78, 5) is 0. The first-order valence-electron chi connectivity index (χ1n) is 12.8. The van der Waals surface area contributed by atoms with E-state index < -0.39 is 8.80 Å². The van der Waals surface area contributed by atoms with Crippen LogP contribution in [-0.2, 0) is 13.3 Å². The highest BCUT2D eigenvalue weighted by Gasteiger charge is 2.39. The molecule has 1 unspecified atom stereocenters. The molecule has 0 aliphatic heterocycles. The molecule has 0 spiro atoms. The van der Waals surface area contributed by atoms with Crippen molar-refractivity contribution < 1.29 is 13.3 Å².